The van der Waals surface area contributed by atoms with Crippen molar-refractivity contribution in [3.8, 4) is 0 Å². The van der Waals surface area contributed by atoms with Gasteiger partial charge in [-0.05, 0) is 38.1 Å². The third-order valence-corrected chi connectivity index (χ3v) is 2.59. The molecule has 0 aliphatic rings. The van der Waals surface area contributed by atoms with E-state index in [0.29, 0.717) is 24.3 Å². The molecule has 5 nitrogen and oxygen atoms in total. The molecule has 1 amide bonds. The van der Waals surface area contributed by atoms with E-state index in [1.165, 1.54) is 0 Å². The zero-order chi connectivity index (χ0) is 13.5. The number of rotatable bonds is 6. The molecule has 0 aromatic heterocycles. The Balaban J connectivity index is 2.49. The number of aryl methyl sites for hydroxylation is 1. The minimum absolute atomic E-state index is 0.106. The Morgan fingerprint density at radius 3 is 2.83 bits per heavy atom. The summed E-state index contributed by atoms with van der Waals surface area (Å²) in [5, 5.41) is 11.5. The molecule has 0 fully saturated rings. The highest BCUT2D eigenvalue weighted by Crippen LogP contribution is 2.19. The third kappa shape index (κ3) is 4.73. The minimum atomic E-state index is -0.106. The maximum atomic E-state index is 11.8. The first-order chi connectivity index (χ1) is 8.52. The highest BCUT2D eigenvalue weighted by atomic mass is 16.3. The second kappa shape index (κ2) is 6.98. The number of likely N-dealkylation sites (N-methyl/N-ethyl adjacent to an activating group) is 1. The predicted octanol–water partition coefficient (Wildman–Crippen LogP) is 0.830. The van der Waals surface area contributed by atoms with Crippen molar-refractivity contribution in [3.63, 3.8) is 0 Å². The summed E-state index contributed by atoms with van der Waals surface area (Å²) in [6, 6.07) is 5.53. The van der Waals surface area contributed by atoms with E-state index in [1.807, 2.05) is 31.0 Å². The Morgan fingerprint density at radius 1 is 1.50 bits per heavy atom. The van der Waals surface area contributed by atoms with E-state index in [9.17, 15) is 4.79 Å². The van der Waals surface area contributed by atoms with Gasteiger partial charge in [0.1, 0.15) is 0 Å². The molecule has 0 unspecified atom stereocenters. The van der Waals surface area contributed by atoms with Gasteiger partial charge < -0.3 is 16.2 Å². The minimum Gasteiger partial charge on any atom is -0.397 e. The van der Waals surface area contributed by atoms with Gasteiger partial charge >= 0.3 is 0 Å². The number of anilines is 2. The van der Waals surface area contributed by atoms with Gasteiger partial charge in [-0.15, -0.1) is 0 Å². The molecule has 1 aromatic rings. The number of nitrogens with two attached hydrogens (primary N) is 1. The van der Waals surface area contributed by atoms with E-state index in [2.05, 4.69) is 5.32 Å². The van der Waals surface area contributed by atoms with Crippen molar-refractivity contribution < 1.29 is 9.90 Å². The molecule has 0 radical (unpaired) electrons. The Kier molecular flexibility index (Phi) is 5.61. The lowest BCUT2D eigenvalue weighted by Crippen LogP contribution is -2.31. The van der Waals surface area contributed by atoms with Gasteiger partial charge in [0.2, 0.25) is 5.91 Å². The first-order valence-electron chi connectivity index (χ1n) is 5.98. The van der Waals surface area contributed by atoms with Gasteiger partial charge in [-0.25, -0.2) is 0 Å². The molecular weight excluding hydrogens is 230 g/mol. The van der Waals surface area contributed by atoms with Gasteiger partial charge in [-0.3, -0.25) is 9.69 Å². The quantitative estimate of drug-likeness (QED) is 0.654. The van der Waals surface area contributed by atoms with Crippen molar-refractivity contribution in [2.75, 3.05) is 37.8 Å². The van der Waals surface area contributed by atoms with Crippen LogP contribution in [0.1, 0.15) is 12.0 Å². The van der Waals surface area contributed by atoms with E-state index < -0.39 is 0 Å². The zero-order valence-corrected chi connectivity index (χ0v) is 10.9. The van der Waals surface area contributed by atoms with Crippen LogP contribution in [0.15, 0.2) is 18.2 Å². The van der Waals surface area contributed by atoms with Crippen LogP contribution in [0.3, 0.4) is 0 Å². The highest BCUT2D eigenvalue weighted by molar-refractivity contribution is 5.95. The molecule has 0 aliphatic heterocycles. The third-order valence-electron chi connectivity index (χ3n) is 2.59. The predicted molar refractivity (Wildman–Crippen MR) is 73.4 cm³/mol. The van der Waals surface area contributed by atoms with Gasteiger partial charge in [0.05, 0.1) is 17.9 Å². The number of nitrogen functional groups attached to an aromatic ring is 1. The number of hydrogen-bond donors (Lipinski definition) is 3. The van der Waals surface area contributed by atoms with Crippen molar-refractivity contribution in [1.82, 2.24) is 4.90 Å². The molecule has 0 spiro atoms. The Hall–Kier alpha value is -1.59. The SMILES string of the molecule is Cc1ccc(NC(=O)CN(C)CCCO)c(N)c1. The summed E-state index contributed by atoms with van der Waals surface area (Å²) in [6.07, 6.45) is 0.663. The molecule has 1 aromatic carbocycles. The van der Waals surface area contributed by atoms with Crippen LogP contribution in [-0.2, 0) is 4.79 Å². The number of benzene rings is 1. The van der Waals surface area contributed by atoms with E-state index >= 15 is 0 Å². The molecule has 0 atom stereocenters. The lowest BCUT2D eigenvalue weighted by molar-refractivity contribution is -0.117. The topological polar surface area (TPSA) is 78.6 Å². The van der Waals surface area contributed by atoms with Crippen LogP contribution in [0.5, 0.6) is 0 Å². The van der Waals surface area contributed by atoms with Gasteiger partial charge in [0, 0.05) is 13.2 Å². The summed E-state index contributed by atoms with van der Waals surface area (Å²) in [6.45, 7) is 3.06. The summed E-state index contributed by atoms with van der Waals surface area (Å²) in [4.78, 5) is 13.6. The first kappa shape index (κ1) is 14.5. The number of amides is 1. The summed E-state index contributed by atoms with van der Waals surface area (Å²) in [5.74, 6) is -0.106. The number of nitrogens with zero attached hydrogens (tertiary/aromatic N) is 1. The van der Waals surface area contributed by atoms with Crippen LogP contribution in [0.4, 0.5) is 11.4 Å². The molecule has 5 heteroatoms. The van der Waals surface area contributed by atoms with Crippen LogP contribution in [0.2, 0.25) is 0 Å². The van der Waals surface area contributed by atoms with Crippen molar-refractivity contribution in [2.24, 2.45) is 0 Å². The largest absolute Gasteiger partial charge is 0.397 e. The lowest BCUT2D eigenvalue weighted by Gasteiger charge is -2.16. The zero-order valence-electron chi connectivity index (χ0n) is 10.9. The fourth-order valence-electron chi connectivity index (χ4n) is 1.65. The van der Waals surface area contributed by atoms with Gasteiger partial charge in [-0.1, -0.05) is 6.07 Å². The van der Waals surface area contributed by atoms with E-state index in [4.69, 9.17) is 10.8 Å². The summed E-state index contributed by atoms with van der Waals surface area (Å²) >= 11 is 0. The molecule has 0 saturated heterocycles. The van der Waals surface area contributed by atoms with Crippen LogP contribution >= 0.6 is 0 Å². The maximum absolute atomic E-state index is 11.8. The fraction of sp³-hybridized carbons (Fsp3) is 0.462. The summed E-state index contributed by atoms with van der Waals surface area (Å²) in [5.41, 5.74) is 8.09. The van der Waals surface area contributed by atoms with Crippen LogP contribution in [-0.4, -0.2) is 42.7 Å². The van der Waals surface area contributed by atoms with Gasteiger partial charge in [-0.2, -0.15) is 0 Å². The average molecular weight is 251 g/mol. The summed E-state index contributed by atoms with van der Waals surface area (Å²) < 4.78 is 0. The normalized spacial score (nSPS) is 10.7. The van der Waals surface area contributed by atoms with E-state index in [1.54, 1.807) is 6.07 Å². The molecule has 0 bridgehead atoms. The smallest absolute Gasteiger partial charge is 0.238 e. The standard InChI is InChI=1S/C13H21N3O2/c1-10-4-5-12(11(14)8-10)15-13(18)9-16(2)6-3-7-17/h4-5,8,17H,3,6-7,9,14H2,1-2H3,(H,15,18). The molecule has 0 saturated carbocycles. The number of aliphatic hydroxyl groups is 1. The van der Waals surface area contributed by atoms with Crippen LogP contribution < -0.4 is 11.1 Å². The Morgan fingerprint density at radius 2 is 2.22 bits per heavy atom. The molecule has 18 heavy (non-hydrogen) atoms. The van der Waals surface area contributed by atoms with Crippen LogP contribution in [0.25, 0.3) is 0 Å². The molecule has 0 heterocycles. The number of carbonyl (C=O) groups excluding carboxylic acids is 1. The van der Waals surface area contributed by atoms with E-state index in [-0.39, 0.29) is 19.1 Å². The summed E-state index contributed by atoms with van der Waals surface area (Å²) in [7, 11) is 1.84. The second-order valence-electron chi connectivity index (χ2n) is 4.45. The Bertz CT molecular complexity index is 407. The first-order valence-corrected chi connectivity index (χ1v) is 5.98. The molecule has 1 rings (SSSR count). The van der Waals surface area contributed by atoms with Crippen molar-refractivity contribution in [1.29, 1.82) is 0 Å². The van der Waals surface area contributed by atoms with Crippen LogP contribution in [0, 0.1) is 6.92 Å². The van der Waals surface area contributed by atoms with E-state index in [0.717, 1.165) is 5.56 Å². The van der Waals surface area contributed by atoms with Crippen molar-refractivity contribution in [2.45, 2.75) is 13.3 Å². The second-order valence-corrected chi connectivity index (χ2v) is 4.45. The molecular formula is C13H21N3O2. The molecule has 100 valence electrons. The Labute approximate surface area is 108 Å². The van der Waals surface area contributed by atoms with Crippen molar-refractivity contribution in [3.05, 3.63) is 23.8 Å². The number of hydrogen-bond acceptors (Lipinski definition) is 4. The van der Waals surface area contributed by atoms with Gasteiger partial charge in [0.25, 0.3) is 0 Å². The number of carbonyl (C=O) groups is 1. The average Bonchev–Trinajstić information content (AvgIpc) is 2.30. The highest BCUT2D eigenvalue weighted by Gasteiger charge is 2.08. The number of nitrogens with one attached hydrogen (secondary N) is 1. The molecule has 4 N–H and O–H groups in total. The van der Waals surface area contributed by atoms with Gasteiger partial charge in [0.15, 0.2) is 0 Å². The lowest BCUT2D eigenvalue weighted by atomic mass is 10.2. The fourth-order valence-corrected chi connectivity index (χ4v) is 1.65. The van der Waals surface area contributed by atoms with Crippen molar-refractivity contribution >= 4 is 17.3 Å². The number of aliphatic hydroxyl groups excluding tert-OH is 1. The maximum Gasteiger partial charge on any atom is 0.238 e. The monoisotopic (exact) mass is 251 g/mol. The molecule has 0 aliphatic carbocycles.